The number of nitrogens with zero attached hydrogens (tertiary/aromatic N) is 1. The Kier molecular flexibility index (Phi) is 3.36. The summed E-state index contributed by atoms with van der Waals surface area (Å²) in [6, 6.07) is 2.34. The number of carboxylic acids is 1. The van der Waals surface area contributed by atoms with E-state index in [0.29, 0.717) is 12.8 Å². The number of aromatic nitrogens is 1. The molecule has 22 heavy (non-hydrogen) atoms. The van der Waals surface area contributed by atoms with Crippen molar-refractivity contribution in [2.75, 3.05) is 13.2 Å². The van der Waals surface area contributed by atoms with Crippen LogP contribution < -0.4 is 5.32 Å². The highest BCUT2D eigenvalue weighted by molar-refractivity contribution is 5.95. The number of halogens is 2. The Morgan fingerprint density at radius 3 is 2.95 bits per heavy atom. The van der Waals surface area contributed by atoms with Gasteiger partial charge in [-0.15, -0.1) is 0 Å². The second-order valence-electron chi connectivity index (χ2n) is 5.47. The monoisotopic (exact) mass is 312 g/mol. The van der Waals surface area contributed by atoms with Gasteiger partial charge in [0.1, 0.15) is 5.69 Å². The second-order valence-corrected chi connectivity index (χ2v) is 5.47. The molecule has 2 fully saturated rings. The van der Waals surface area contributed by atoms with E-state index < -0.39 is 29.3 Å². The number of rotatable bonds is 4. The van der Waals surface area contributed by atoms with Gasteiger partial charge in [0.05, 0.1) is 18.0 Å². The van der Waals surface area contributed by atoms with Crippen LogP contribution in [0.4, 0.5) is 8.78 Å². The van der Waals surface area contributed by atoms with Crippen molar-refractivity contribution in [3.05, 3.63) is 29.6 Å². The van der Waals surface area contributed by atoms with Crippen molar-refractivity contribution in [1.29, 1.82) is 0 Å². The zero-order valence-corrected chi connectivity index (χ0v) is 11.5. The molecule has 2 aliphatic rings. The third-order valence-corrected chi connectivity index (χ3v) is 4.23. The molecule has 118 valence electrons. The van der Waals surface area contributed by atoms with Crippen molar-refractivity contribution in [2.24, 2.45) is 5.92 Å². The third kappa shape index (κ3) is 2.14. The number of carbonyl (C=O) groups is 2. The second kappa shape index (κ2) is 4.98. The maximum Gasteiger partial charge on any atom is 0.335 e. The van der Waals surface area contributed by atoms with E-state index in [0.717, 1.165) is 6.07 Å². The van der Waals surface area contributed by atoms with E-state index in [1.807, 2.05) is 0 Å². The Labute approximate surface area is 124 Å². The van der Waals surface area contributed by atoms with Gasteiger partial charge in [0.15, 0.2) is 5.60 Å². The minimum absolute atomic E-state index is 0.0955. The first-order valence-corrected chi connectivity index (χ1v) is 6.88. The maximum absolute atomic E-state index is 13.8. The Morgan fingerprint density at radius 2 is 2.27 bits per heavy atom. The summed E-state index contributed by atoms with van der Waals surface area (Å²) in [5.74, 6) is -5.70. The van der Waals surface area contributed by atoms with E-state index in [1.54, 1.807) is 0 Å². The first-order chi connectivity index (χ1) is 10.4. The zero-order valence-electron chi connectivity index (χ0n) is 11.5. The molecule has 2 heterocycles. The van der Waals surface area contributed by atoms with Gasteiger partial charge in [-0.25, -0.2) is 13.6 Å². The van der Waals surface area contributed by atoms with Crippen molar-refractivity contribution >= 4 is 11.9 Å². The van der Waals surface area contributed by atoms with E-state index >= 15 is 0 Å². The molecule has 1 aliphatic heterocycles. The van der Waals surface area contributed by atoms with Crippen LogP contribution in [-0.2, 0) is 4.74 Å². The molecular weight excluding hydrogens is 298 g/mol. The maximum atomic E-state index is 13.8. The summed E-state index contributed by atoms with van der Waals surface area (Å²) in [5, 5.41) is 11.2. The quantitative estimate of drug-likeness (QED) is 0.875. The average molecular weight is 312 g/mol. The lowest BCUT2D eigenvalue weighted by atomic mass is 10.1. The van der Waals surface area contributed by atoms with Crippen molar-refractivity contribution < 1.29 is 28.2 Å². The van der Waals surface area contributed by atoms with Crippen LogP contribution in [0.5, 0.6) is 0 Å². The van der Waals surface area contributed by atoms with Crippen LogP contribution in [0.3, 0.4) is 0 Å². The molecule has 1 aromatic heterocycles. The molecule has 8 heteroatoms. The van der Waals surface area contributed by atoms with E-state index in [-0.39, 0.29) is 24.4 Å². The molecule has 1 saturated carbocycles. The first-order valence-electron chi connectivity index (χ1n) is 6.88. The molecule has 0 spiro atoms. The predicted molar refractivity (Wildman–Crippen MR) is 69.9 cm³/mol. The number of hydrogen-bond acceptors (Lipinski definition) is 4. The molecular formula is C14H14F2N2O4. The van der Waals surface area contributed by atoms with E-state index in [2.05, 4.69) is 10.3 Å². The summed E-state index contributed by atoms with van der Waals surface area (Å²) < 4.78 is 32.8. The van der Waals surface area contributed by atoms with Gasteiger partial charge in [-0.1, -0.05) is 0 Å². The summed E-state index contributed by atoms with van der Waals surface area (Å²) >= 11 is 0. The largest absolute Gasteiger partial charge is 0.478 e. The smallest absolute Gasteiger partial charge is 0.335 e. The summed E-state index contributed by atoms with van der Waals surface area (Å²) in [4.78, 5) is 26.6. The molecule has 3 rings (SSSR count). The molecule has 1 saturated heterocycles. The SMILES string of the molecule is O=C(O)c1ccnc(C(=O)NC[C@]23OCCC[C@H]2C3(F)F)c1. The van der Waals surface area contributed by atoms with Gasteiger partial charge in [0, 0.05) is 12.8 Å². The van der Waals surface area contributed by atoms with E-state index in [4.69, 9.17) is 9.84 Å². The van der Waals surface area contributed by atoms with Gasteiger partial charge in [0.25, 0.3) is 11.8 Å². The average Bonchev–Trinajstić information content (AvgIpc) is 3.02. The fraction of sp³-hybridized carbons (Fsp3) is 0.500. The Bertz CT molecular complexity index is 637. The van der Waals surface area contributed by atoms with Gasteiger partial charge >= 0.3 is 5.97 Å². The lowest BCUT2D eigenvalue weighted by molar-refractivity contribution is -0.0576. The van der Waals surface area contributed by atoms with E-state index in [1.165, 1.54) is 12.3 Å². The topological polar surface area (TPSA) is 88.5 Å². The molecule has 2 atom stereocenters. The van der Waals surface area contributed by atoms with Crippen molar-refractivity contribution in [2.45, 2.75) is 24.4 Å². The van der Waals surface area contributed by atoms with Gasteiger partial charge in [-0.05, 0) is 25.0 Å². The van der Waals surface area contributed by atoms with Gasteiger partial charge in [-0.3, -0.25) is 9.78 Å². The predicted octanol–water partition coefficient (Wildman–Crippen LogP) is 1.32. The Balaban J connectivity index is 1.68. The molecule has 1 amide bonds. The van der Waals surface area contributed by atoms with E-state index in [9.17, 15) is 18.4 Å². The van der Waals surface area contributed by atoms with Crippen LogP contribution in [0.2, 0.25) is 0 Å². The number of hydrogen-bond donors (Lipinski definition) is 2. The fourth-order valence-electron chi connectivity index (χ4n) is 2.94. The summed E-state index contributed by atoms with van der Waals surface area (Å²) in [7, 11) is 0. The molecule has 2 N–H and O–H groups in total. The van der Waals surface area contributed by atoms with Crippen LogP contribution in [0, 0.1) is 5.92 Å². The number of aromatic carboxylic acids is 1. The summed E-state index contributed by atoms with van der Waals surface area (Å²) in [6.45, 7) is -0.0722. The number of fused-ring (bicyclic) bond motifs is 1. The number of alkyl halides is 2. The van der Waals surface area contributed by atoms with Crippen LogP contribution >= 0.6 is 0 Å². The number of carbonyl (C=O) groups excluding carboxylic acids is 1. The Hall–Kier alpha value is -2.09. The van der Waals surface area contributed by atoms with Crippen LogP contribution in [0.25, 0.3) is 0 Å². The zero-order chi connectivity index (χ0) is 16.0. The highest BCUT2D eigenvalue weighted by Gasteiger charge is 2.82. The normalized spacial score (nSPS) is 28.5. The van der Waals surface area contributed by atoms with Crippen molar-refractivity contribution in [1.82, 2.24) is 10.3 Å². The number of amides is 1. The summed E-state index contributed by atoms with van der Waals surface area (Å²) in [5.41, 5.74) is -1.85. The van der Waals surface area contributed by atoms with Crippen LogP contribution in [-0.4, -0.2) is 46.6 Å². The minimum atomic E-state index is -2.94. The Morgan fingerprint density at radius 1 is 1.50 bits per heavy atom. The van der Waals surface area contributed by atoms with Crippen molar-refractivity contribution in [3.63, 3.8) is 0 Å². The lowest BCUT2D eigenvalue weighted by Gasteiger charge is -2.21. The molecule has 6 nitrogen and oxygen atoms in total. The molecule has 0 aromatic carbocycles. The highest BCUT2D eigenvalue weighted by atomic mass is 19.3. The van der Waals surface area contributed by atoms with Crippen LogP contribution in [0.1, 0.15) is 33.7 Å². The highest BCUT2D eigenvalue weighted by Crippen LogP contribution is 2.64. The molecule has 1 aromatic rings. The van der Waals surface area contributed by atoms with Crippen molar-refractivity contribution in [3.8, 4) is 0 Å². The molecule has 1 aliphatic carbocycles. The standard InChI is InChI=1S/C14H14F2N2O4/c15-14(16)10-2-1-5-22-13(10,14)7-18-11(19)9-6-8(12(20)21)3-4-17-9/h3-4,6,10H,1-2,5,7H2,(H,18,19)(H,20,21)/t10-,13+/m1/s1. The van der Waals surface area contributed by atoms with Gasteiger partial charge in [-0.2, -0.15) is 0 Å². The third-order valence-electron chi connectivity index (χ3n) is 4.23. The van der Waals surface area contributed by atoms with Crippen LogP contribution in [0.15, 0.2) is 18.3 Å². The summed E-state index contributed by atoms with van der Waals surface area (Å²) in [6.07, 6.45) is 2.13. The number of ether oxygens (including phenoxy) is 1. The fourth-order valence-corrected chi connectivity index (χ4v) is 2.94. The number of nitrogens with one attached hydrogen (secondary N) is 1. The number of pyridine rings is 1. The first kappa shape index (κ1) is 14.8. The molecule has 0 radical (unpaired) electrons. The minimum Gasteiger partial charge on any atom is -0.478 e. The molecule has 0 bridgehead atoms. The number of carboxylic acid groups (broad SMARTS) is 1. The van der Waals surface area contributed by atoms with Gasteiger partial charge < -0.3 is 15.2 Å². The lowest BCUT2D eigenvalue weighted by Crippen LogP contribution is -2.41. The molecule has 0 unspecified atom stereocenters. The van der Waals surface area contributed by atoms with Gasteiger partial charge in [0.2, 0.25) is 0 Å².